The van der Waals surface area contributed by atoms with Crippen molar-refractivity contribution >= 4 is 0 Å². The summed E-state index contributed by atoms with van der Waals surface area (Å²) in [5.41, 5.74) is 1.10. The van der Waals surface area contributed by atoms with E-state index < -0.39 is 12.0 Å². The van der Waals surface area contributed by atoms with Gasteiger partial charge in [0.15, 0.2) is 5.82 Å². The van der Waals surface area contributed by atoms with Gasteiger partial charge in [-0.1, -0.05) is 18.2 Å². The zero-order valence-electron chi connectivity index (χ0n) is 9.11. The van der Waals surface area contributed by atoms with Crippen molar-refractivity contribution < 1.29 is 17.9 Å². The van der Waals surface area contributed by atoms with Crippen molar-refractivity contribution in [3.8, 4) is 5.69 Å². The van der Waals surface area contributed by atoms with Gasteiger partial charge in [0, 0.05) is 5.56 Å². The molecule has 0 fully saturated rings. The number of aromatic nitrogens is 3. The molecule has 2 aromatic rings. The second-order valence-electron chi connectivity index (χ2n) is 3.89. The molecule has 0 aliphatic carbocycles. The molecule has 0 unspecified atom stereocenters. The number of hydrogen-bond acceptors (Lipinski definition) is 3. The molecule has 3 rings (SSSR count). The molecule has 7 heteroatoms. The first kappa shape index (κ1) is 11.2. The summed E-state index contributed by atoms with van der Waals surface area (Å²) in [6.07, 6.45) is -4.54. The molecule has 0 amide bonds. The Morgan fingerprint density at radius 3 is 2.67 bits per heavy atom. The Hall–Kier alpha value is -1.89. The fourth-order valence-electron chi connectivity index (χ4n) is 1.95. The molecule has 0 spiro atoms. The lowest BCUT2D eigenvalue weighted by Crippen LogP contribution is -2.15. The van der Waals surface area contributed by atoms with Crippen LogP contribution in [0.3, 0.4) is 0 Å². The van der Waals surface area contributed by atoms with Crippen LogP contribution in [0.4, 0.5) is 13.2 Å². The number of ether oxygens (including phenoxy) is 1. The highest BCUT2D eigenvalue weighted by Crippen LogP contribution is 2.32. The fraction of sp³-hybridized carbons (Fsp3) is 0.273. The molecule has 0 N–H and O–H groups in total. The zero-order chi connectivity index (χ0) is 12.8. The molecule has 18 heavy (non-hydrogen) atoms. The summed E-state index contributed by atoms with van der Waals surface area (Å²) in [5, 5.41) is 6.77. The lowest BCUT2D eigenvalue weighted by molar-refractivity contribution is -0.146. The van der Waals surface area contributed by atoms with Gasteiger partial charge >= 0.3 is 6.18 Å². The van der Waals surface area contributed by atoms with Crippen LogP contribution in [0.5, 0.6) is 0 Å². The van der Waals surface area contributed by atoms with E-state index in [0.717, 1.165) is 4.57 Å². The van der Waals surface area contributed by atoms with E-state index in [0.29, 0.717) is 11.3 Å². The lowest BCUT2D eigenvalue weighted by Gasteiger charge is -2.12. The Labute approximate surface area is 100 Å². The van der Waals surface area contributed by atoms with Crippen LogP contribution in [0.2, 0.25) is 0 Å². The Bertz CT molecular complexity index is 591. The van der Waals surface area contributed by atoms with E-state index in [1.54, 1.807) is 24.3 Å². The highest BCUT2D eigenvalue weighted by Gasteiger charge is 2.39. The van der Waals surface area contributed by atoms with E-state index in [2.05, 4.69) is 10.2 Å². The summed E-state index contributed by atoms with van der Waals surface area (Å²) in [7, 11) is 0. The first-order valence-corrected chi connectivity index (χ1v) is 5.25. The smallest absolute Gasteiger partial charge is 0.369 e. The van der Waals surface area contributed by atoms with Crippen molar-refractivity contribution in [2.24, 2.45) is 0 Å². The summed E-state index contributed by atoms with van der Waals surface area (Å²) in [6.45, 7) is 0.272. The largest absolute Gasteiger partial charge is 0.452 e. The fourth-order valence-corrected chi connectivity index (χ4v) is 1.95. The molecule has 0 atom stereocenters. The van der Waals surface area contributed by atoms with Crippen LogP contribution in [0.15, 0.2) is 24.3 Å². The van der Waals surface area contributed by atoms with E-state index >= 15 is 0 Å². The van der Waals surface area contributed by atoms with Crippen LogP contribution in [-0.4, -0.2) is 14.8 Å². The Kier molecular flexibility index (Phi) is 2.37. The number of fused-ring (bicyclic) bond motifs is 3. The van der Waals surface area contributed by atoms with Gasteiger partial charge in [-0.2, -0.15) is 13.2 Å². The number of nitrogens with zero attached hydrogens (tertiary/aromatic N) is 3. The molecule has 0 saturated heterocycles. The molecule has 2 heterocycles. The van der Waals surface area contributed by atoms with Crippen LogP contribution in [-0.2, 0) is 24.1 Å². The molecule has 1 aliphatic rings. The summed E-state index contributed by atoms with van der Waals surface area (Å²) in [4.78, 5) is 0. The van der Waals surface area contributed by atoms with Crippen molar-refractivity contribution in [1.29, 1.82) is 0 Å². The minimum atomic E-state index is -4.54. The van der Waals surface area contributed by atoms with Gasteiger partial charge in [0.25, 0.3) is 0 Å². The number of alkyl halides is 3. The third kappa shape index (κ3) is 1.67. The van der Waals surface area contributed by atoms with Crippen LogP contribution in [0.25, 0.3) is 5.69 Å². The first-order chi connectivity index (χ1) is 8.57. The minimum Gasteiger partial charge on any atom is -0.369 e. The van der Waals surface area contributed by atoms with Crippen molar-refractivity contribution in [3.05, 3.63) is 41.5 Å². The van der Waals surface area contributed by atoms with Gasteiger partial charge in [-0.05, 0) is 6.07 Å². The Balaban J connectivity index is 2.28. The van der Waals surface area contributed by atoms with Gasteiger partial charge in [0.05, 0.1) is 12.3 Å². The molecule has 1 aliphatic heterocycles. The molecular weight excluding hydrogens is 247 g/mol. The van der Waals surface area contributed by atoms with Crippen molar-refractivity contribution in [3.63, 3.8) is 0 Å². The molecule has 1 aromatic heterocycles. The summed E-state index contributed by atoms with van der Waals surface area (Å²) in [6, 6.07) is 6.76. The molecule has 0 saturated carbocycles. The highest BCUT2D eigenvalue weighted by atomic mass is 19.4. The van der Waals surface area contributed by atoms with Gasteiger partial charge in [0.1, 0.15) is 6.61 Å². The molecule has 4 nitrogen and oxygen atoms in total. The normalized spacial score (nSPS) is 14.8. The zero-order valence-corrected chi connectivity index (χ0v) is 9.11. The van der Waals surface area contributed by atoms with Crippen LogP contribution in [0.1, 0.15) is 17.2 Å². The topological polar surface area (TPSA) is 39.9 Å². The van der Waals surface area contributed by atoms with Crippen LogP contribution >= 0.6 is 0 Å². The molecule has 0 bridgehead atoms. The Morgan fingerprint density at radius 1 is 1.11 bits per heavy atom. The predicted molar refractivity (Wildman–Crippen MR) is 54.9 cm³/mol. The number of rotatable bonds is 0. The highest BCUT2D eigenvalue weighted by molar-refractivity contribution is 5.43. The second-order valence-corrected chi connectivity index (χ2v) is 3.89. The van der Waals surface area contributed by atoms with Gasteiger partial charge in [-0.15, -0.1) is 10.2 Å². The SMILES string of the molecule is FC(F)(F)c1nnc2n1-c1ccccc1COC2. The maximum absolute atomic E-state index is 12.9. The Morgan fingerprint density at radius 2 is 1.89 bits per heavy atom. The summed E-state index contributed by atoms with van der Waals surface area (Å²) >= 11 is 0. The summed E-state index contributed by atoms with van der Waals surface area (Å²) in [5.74, 6) is -0.859. The number of para-hydroxylation sites is 1. The van der Waals surface area contributed by atoms with Gasteiger partial charge < -0.3 is 4.74 Å². The predicted octanol–water partition coefficient (Wildman–Crippen LogP) is 2.32. The van der Waals surface area contributed by atoms with E-state index in [4.69, 9.17) is 4.74 Å². The molecule has 1 aromatic carbocycles. The minimum absolute atomic E-state index is 0.0117. The molecular formula is C11H8F3N3O. The molecule has 94 valence electrons. The summed E-state index contributed by atoms with van der Waals surface area (Å²) < 4.78 is 44.9. The molecule has 0 radical (unpaired) electrons. The quantitative estimate of drug-likeness (QED) is 0.725. The third-order valence-corrected chi connectivity index (χ3v) is 2.70. The monoisotopic (exact) mass is 255 g/mol. The van der Waals surface area contributed by atoms with Crippen molar-refractivity contribution in [2.75, 3.05) is 0 Å². The average molecular weight is 255 g/mol. The van der Waals surface area contributed by atoms with Crippen molar-refractivity contribution in [1.82, 2.24) is 14.8 Å². The average Bonchev–Trinajstić information content (AvgIpc) is 2.66. The second kappa shape index (κ2) is 3.81. The van der Waals surface area contributed by atoms with E-state index in [1.165, 1.54) is 0 Å². The first-order valence-electron chi connectivity index (χ1n) is 5.25. The van der Waals surface area contributed by atoms with E-state index in [-0.39, 0.29) is 19.0 Å². The van der Waals surface area contributed by atoms with E-state index in [1.807, 2.05) is 0 Å². The van der Waals surface area contributed by atoms with Gasteiger partial charge in [-0.25, -0.2) is 0 Å². The number of hydrogen-bond donors (Lipinski definition) is 0. The maximum Gasteiger partial charge on any atom is 0.452 e. The van der Waals surface area contributed by atoms with E-state index in [9.17, 15) is 13.2 Å². The number of benzene rings is 1. The number of halogens is 3. The van der Waals surface area contributed by atoms with Gasteiger partial charge in [0.2, 0.25) is 5.82 Å². The maximum atomic E-state index is 12.9. The van der Waals surface area contributed by atoms with Crippen LogP contribution < -0.4 is 0 Å². The van der Waals surface area contributed by atoms with Crippen LogP contribution in [0, 0.1) is 0 Å². The van der Waals surface area contributed by atoms with Gasteiger partial charge in [-0.3, -0.25) is 4.57 Å². The third-order valence-electron chi connectivity index (χ3n) is 2.70. The standard InChI is InChI=1S/C11H8F3N3O/c12-11(13,14)10-16-15-9-6-18-5-7-3-1-2-4-8(7)17(9)10/h1-4H,5-6H2. The van der Waals surface area contributed by atoms with Crippen molar-refractivity contribution in [2.45, 2.75) is 19.4 Å². The lowest BCUT2D eigenvalue weighted by atomic mass is 10.2.